The third-order valence-electron chi connectivity index (χ3n) is 6.06. The van der Waals surface area contributed by atoms with Crippen LogP contribution in [0.2, 0.25) is 0 Å². The lowest BCUT2D eigenvalue weighted by Gasteiger charge is -2.41. The van der Waals surface area contributed by atoms with Crippen LogP contribution in [-0.2, 0) is 5.41 Å². The molecule has 0 radical (unpaired) electrons. The third kappa shape index (κ3) is 2.80. The van der Waals surface area contributed by atoms with Gasteiger partial charge in [-0.3, -0.25) is 4.79 Å². The Bertz CT molecular complexity index is 1140. The highest BCUT2D eigenvalue weighted by atomic mass is 16.1. The second-order valence-electron chi connectivity index (χ2n) is 7.68. The molecule has 0 aliphatic carbocycles. The minimum atomic E-state index is -0.560. The molecule has 1 aliphatic rings. The summed E-state index contributed by atoms with van der Waals surface area (Å²) >= 11 is 0. The van der Waals surface area contributed by atoms with Gasteiger partial charge in [0.15, 0.2) is 11.3 Å². The highest BCUT2D eigenvalue weighted by Crippen LogP contribution is 2.44. The zero-order valence-corrected chi connectivity index (χ0v) is 16.5. The number of benzene rings is 2. The molecule has 0 saturated carbocycles. The lowest BCUT2D eigenvalue weighted by atomic mass is 9.66. The van der Waals surface area contributed by atoms with E-state index in [4.69, 9.17) is 5.73 Å². The van der Waals surface area contributed by atoms with E-state index in [-0.39, 0.29) is 11.7 Å². The molecule has 1 aliphatic heterocycles. The Labute approximate surface area is 174 Å². The smallest absolute Gasteiger partial charge is 0.269 e. The number of aromatic nitrogens is 3. The number of carbonyl (C=O) groups excluding carboxylic acids is 1. The van der Waals surface area contributed by atoms with Gasteiger partial charge in [-0.05, 0) is 36.6 Å². The highest BCUT2D eigenvalue weighted by molar-refractivity contribution is 5.91. The van der Waals surface area contributed by atoms with E-state index in [2.05, 4.69) is 63.9 Å². The van der Waals surface area contributed by atoms with Crippen LogP contribution in [0.25, 0.3) is 5.65 Å². The van der Waals surface area contributed by atoms with Gasteiger partial charge in [0.25, 0.3) is 5.91 Å². The van der Waals surface area contributed by atoms with Crippen LogP contribution in [0.1, 0.15) is 40.2 Å². The number of hydrogen-bond donors (Lipinski definition) is 2. The van der Waals surface area contributed by atoms with Crippen LogP contribution in [-0.4, -0.2) is 33.1 Å². The Kier molecular flexibility index (Phi) is 4.56. The van der Waals surface area contributed by atoms with E-state index in [1.165, 1.54) is 11.1 Å². The number of nitrogens with zero attached hydrogens (tertiary/aromatic N) is 3. The van der Waals surface area contributed by atoms with Crippen molar-refractivity contribution in [2.45, 2.75) is 24.3 Å². The van der Waals surface area contributed by atoms with Gasteiger partial charge in [-0.1, -0.05) is 60.7 Å². The highest BCUT2D eigenvalue weighted by Gasteiger charge is 2.46. The van der Waals surface area contributed by atoms with Crippen molar-refractivity contribution >= 4 is 11.6 Å². The van der Waals surface area contributed by atoms with Crippen LogP contribution in [0.3, 0.4) is 0 Å². The number of primary amides is 1. The molecule has 1 unspecified atom stereocenters. The fraction of sp³-hybridized carbons (Fsp3) is 0.208. The molecule has 150 valence electrons. The zero-order valence-electron chi connectivity index (χ0n) is 16.5. The Morgan fingerprint density at radius 1 is 1.03 bits per heavy atom. The predicted molar refractivity (Wildman–Crippen MR) is 115 cm³/mol. The minimum Gasteiger partial charge on any atom is -0.364 e. The molecule has 2 aromatic heterocycles. The maximum Gasteiger partial charge on any atom is 0.269 e. The topological polar surface area (TPSA) is 85.3 Å². The fourth-order valence-corrected chi connectivity index (χ4v) is 4.81. The number of nitrogens with one attached hydrogen (secondary N) is 1. The molecule has 6 heteroatoms. The van der Waals surface area contributed by atoms with Crippen molar-refractivity contribution in [2.75, 3.05) is 6.54 Å². The van der Waals surface area contributed by atoms with Crippen molar-refractivity contribution in [3.05, 3.63) is 102 Å². The summed E-state index contributed by atoms with van der Waals surface area (Å²) in [6.07, 6.45) is 3.91. The largest absolute Gasteiger partial charge is 0.364 e. The Morgan fingerprint density at radius 3 is 2.27 bits per heavy atom. The molecule has 3 N–H and O–H groups in total. The summed E-state index contributed by atoms with van der Waals surface area (Å²) in [6.45, 7) is 0.964. The van der Waals surface area contributed by atoms with Crippen molar-refractivity contribution in [2.24, 2.45) is 5.73 Å². The van der Waals surface area contributed by atoms with Crippen molar-refractivity contribution in [3.8, 4) is 0 Å². The van der Waals surface area contributed by atoms with Gasteiger partial charge in [0, 0.05) is 18.3 Å². The van der Waals surface area contributed by atoms with E-state index in [1.807, 2.05) is 18.2 Å². The van der Waals surface area contributed by atoms with Gasteiger partial charge in [0.05, 0.1) is 11.1 Å². The van der Waals surface area contributed by atoms with Gasteiger partial charge in [0.1, 0.15) is 0 Å². The van der Waals surface area contributed by atoms with E-state index in [0.717, 1.165) is 25.1 Å². The van der Waals surface area contributed by atoms with Gasteiger partial charge >= 0.3 is 0 Å². The van der Waals surface area contributed by atoms with E-state index in [0.29, 0.717) is 5.65 Å². The Morgan fingerprint density at radius 2 is 1.70 bits per heavy atom. The van der Waals surface area contributed by atoms with Crippen LogP contribution in [0, 0.1) is 0 Å². The SMILES string of the molecule is NC(=O)c1cc2nccc(C(c3ccccc3)(c3ccccc3)C3CCCN3)n2n1. The molecule has 3 heterocycles. The molecular formula is C24H23N5O. The van der Waals surface area contributed by atoms with Crippen LogP contribution in [0.4, 0.5) is 0 Å². The monoisotopic (exact) mass is 397 g/mol. The molecular weight excluding hydrogens is 374 g/mol. The molecule has 4 aromatic rings. The first-order chi connectivity index (χ1) is 14.7. The van der Waals surface area contributed by atoms with Crippen molar-refractivity contribution in [1.82, 2.24) is 19.9 Å². The Balaban J connectivity index is 1.89. The zero-order chi connectivity index (χ0) is 20.6. The molecule has 1 saturated heterocycles. The van der Waals surface area contributed by atoms with E-state index in [9.17, 15) is 4.79 Å². The maximum absolute atomic E-state index is 11.8. The van der Waals surface area contributed by atoms with Crippen molar-refractivity contribution < 1.29 is 4.79 Å². The van der Waals surface area contributed by atoms with E-state index in [1.54, 1.807) is 16.8 Å². The second-order valence-corrected chi connectivity index (χ2v) is 7.68. The van der Waals surface area contributed by atoms with E-state index < -0.39 is 11.3 Å². The summed E-state index contributed by atoms with van der Waals surface area (Å²) in [7, 11) is 0. The molecule has 0 spiro atoms. The lowest BCUT2D eigenvalue weighted by molar-refractivity contribution is 0.0995. The molecule has 1 atom stereocenters. The standard InChI is InChI=1S/C24H23N5O/c25-23(30)19-16-22-27-15-13-21(29(22)28-19)24(20-12-7-14-26-20,17-8-3-1-4-9-17)18-10-5-2-6-11-18/h1-6,8-11,13,15-16,20,26H,7,12,14H2,(H2,25,30). The van der Waals surface area contributed by atoms with Crippen LogP contribution >= 0.6 is 0 Å². The first-order valence-corrected chi connectivity index (χ1v) is 10.2. The second kappa shape index (κ2) is 7.39. The summed E-state index contributed by atoms with van der Waals surface area (Å²) in [5.41, 5.74) is 9.12. The van der Waals surface area contributed by atoms with Crippen LogP contribution in [0.15, 0.2) is 79.0 Å². The van der Waals surface area contributed by atoms with Gasteiger partial charge in [-0.25, -0.2) is 9.50 Å². The number of carbonyl (C=O) groups is 1. The number of hydrogen-bond acceptors (Lipinski definition) is 4. The molecule has 1 amide bonds. The van der Waals surface area contributed by atoms with Gasteiger partial charge in [-0.2, -0.15) is 5.10 Å². The summed E-state index contributed by atoms with van der Waals surface area (Å²) in [5, 5.41) is 8.29. The minimum absolute atomic E-state index is 0.161. The Hall–Kier alpha value is -3.51. The summed E-state index contributed by atoms with van der Waals surface area (Å²) in [6, 6.07) is 24.8. The summed E-state index contributed by atoms with van der Waals surface area (Å²) < 4.78 is 1.78. The first kappa shape index (κ1) is 18.5. The van der Waals surface area contributed by atoms with Crippen molar-refractivity contribution in [1.29, 1.82) is 0 Å². The number of fused-ring (bicyclic) bond motifs is 1. The number of rotatable bonds is 5. The average Bonchev–Trinajstić information content (AvgIpc) is 3.47. The molecule has 2 aromatic carbocycles. The van der Waals surface area contributed by atoms with Gasteiger partial charge in [0.2, 0.25) is 0 Å². The third-order valence-corrected chi connectivity index (χ3v) is 6.06. The molecule has 30 heavy (non-hydrogen) atoms. The molecule has 1 fully saturated rings. The maximum atomic E-state index is 11.8. The quantitative estimate of drug-likeness (QED) is 0.542. The first-order valence-electron chi connectivity index (χ1n) is 10.2. The van der Waals surface area contributed by atoms with Crippen molar-refractivity contribution in [3.63, 3.8) is 0 Å². The summed E-state index contributed by atoms with van der Waals surface area (Å²) in [5.74, 6) is -0.560. The number of nitrogens with two attached hydrogens (primary N) is 1. The molecule has 6 nitrogen and oxygen atoms in total. The van der Waals surface area contributed by atoms with Crippen LogP contribution < -0.4 is 11.1 Å². The number of amides is 1. The average molecular weight is 397 g/mol. The molecule has 0 bridgehead atoms. The summed E-state index contributed by atoms with van der Waals surface area (Å²) in [4.78, 5) is 16.3. The normalized spacial score (nSPS) is 16.7. The lowest BCUT2D eigenvalue weighted by Crippen LogP contribution is -2.48. The van der Waals surface area contributed by atoms with E-state index >= 15 is 0 Å². The fourth-order valence-electron chi connectivity index (χ4n) is 4.81. The van der Waals surface area contributed by atoms with Gasteiger partial charge < -0.3 is 11.1 Å². The van der Waals surface area contributed by atoms with Gasteiger partial charge in [-0.15, -0.1) is 0 Å². The molecule has 5 rings (SSSR count). The predicted octanol–water partition coefficient (Wildman–Crippen LogP) is 2.91. The van der Waals surface area contributed by atoms with Crippen LogP contribution in [0.5, 0.6) is 0 Å².